The number of ether oxygens (including phenoxy) is 1. The Morgan fingerprint density at radius 2 is 1.91 bits per heavy atom. The minimum Gasteiger partial charge on any atom is -0.490 e. The van der Waals surface area contributed by atoms with Gasteiger partial charge in [0, 0.05) is 5.56 Å². The van der Waals surface area contributed by atoms with E-state index in [-0.39, 0.29) is 22.5 Å². The van der Waals surface area contributed by atoms with Crippen LogP contribution < -0.4 is 15.0 Å². The number of halogens is 1. The van der Waals surface area contributed by atoms with Crippen LogP contribution in [0.3, 0.4) is 0 Å². The number of hydrogen-bond donors (Lipinski definition) is 1. The van der Waals surface area contributed by atoms with Crippen molar-refractivity contribution in [1.82, 2.24) is 5.32 Å². The monoisotopic (exact) mass is 448 g/mol. The van der Waals surface area contributed by atoms with Crippen molar-refractivity contribution in [3.8, 4) is 5.75 Å². The quantitative estimate of drug-likeness (QED) is 0.340. The number of hydrogen-bond acceptors (Lipinski definition) is 4. The van der Waals surface area contributed by atoms with Crippen molar-refractivity contribution in [2.45, 2.75) is 26.4 Å². The van der Waals surface area contributed by atoms with E-state index in [0.717, 1.165) is 22.1 Å². The maximum atomic E-state index is 13.8. The van der Waals surface area contributed by atoms with Crippen LogP contribution in [0.25, 0.3) is 16.8 Å². The highest BCUT2D eigenvalue weighted by molar-refractivity contribution is 7.80. The van der Waals surface area contributed by atoms with Gasteiger partial charge in [-0.1, -0.05) is 43.3 Å². The van der Waals surface area contributed by atoms with Crippen molar-refractivity contribution in [3.63, 3.8) is 0 Å². The van der Waals surface area contributed by atoms with E-state index in [2.05, 4.69) is 5.32 Å². The van der Waals surface area contributed by atoms with Gasteiger partial charge in [0.1, 0.15) is 17.1 Å². The molecule has 1 heterocycles. The molecule has 0 unspecified atom stereocenters. The molecule has 5 nitrogen and oxygen atoms in total. The van der Waals surface area contributed by atoms with E-state index in [9.17, 15) is 14.0 Å². The van der Waals surface area contributed by atoms with Crippen LogP contribution >= 0.6 is 12.2 Å². The Morgan fingerprint density at radius 1 is 1.12 bits per heavy atom. The molecule has 1 saturated heterocycles. The molecule has 3 aromatic rings. The third-order valence-electron chi connectivity index (χ3n) is 5.29. The number of thiocarbonyl (C=S) groups is 1. The molecule has 0 bridgehead atoms. The molecule has 0 saturated carbocycles. The zero-order valence-corrected chi connectivity index (χ0v) is 18.4. The summed E-state index contributed by atoms with van der Waals surface area (Å²) in [7, 11) is 0. The molecule has 1 fully saturated rings. The molecule has 4 rings (SSSR count). The second-order valence-corrected chi connectivity index (χ2v) is 7.86. The zero-order chi connectivity index (χ0) is 22.8. The van der Waals surface area contributed by atoms with Crippen molar-refractivity contribution >= 4 is 51.7 Å². The molecule has 0 radical (unpaired) electrons. The van der Waals surface area contributed by atoms with Gasteiger partial charge in [0.25, 0.3) is 11.8 Å². The first-order valence-corrected chi connectivity index (χ1v) is 10.6. The summed E-state index contributed by atoms with van der Waals surface area (Å²) in [5, 5.41) is 4.21. The summed E-state index contributed by atoms with van der Waals surface area (Å²) in [6.45, 7) is 3.97. The number of anilines is 1. The number of rotatable bonds is 5. The van der Waals surface area contributed by atoms with Gasteiger partial charge in [-0.05, 0) is 66.7 Å². The predicted molar refractivity (Wildman–Crippen MR) is 127 cm³/mol. The van der Waals surface area contributed by atoms with E-state index in [1.54, 1.807) is 6.07 Å². The SMILES string of the molecule is CC[C@@H](C)Oc1ccc2ccccc2c1/C=C1\C(=O)NC(=S)N(c2cccc(F)c2)C1=O. The third kappa shape index (κ3) is 4.11. The molecule has 2 amide bonds. The fraction of sp³-hybridized carbons (Fsp3) is 0.160. The van der Waals surface area contributed by atoms with Crippen LogP contribution in [0.2, 0.25) is 0 Å². The molecule has 0 spiro atoms. The maximum absolute atomic E-state index is 13.8. The van der Waals surface area contributed by atoms with Crippen molar-refractivity contribution in [2.24, 2.45) is 0 Å². The molecular weight excluding hydrogens is 427 g/mol. The minimum absolute atomic E-state index is 0.0550. The lowest BCUT2D eigenvalue weighted by atomic mass is 9.99. The molecule has 1 aliphatic heterocycles. The van der Waals surface area contributed by atoms with Crippen molar-refractivity contribution in [3.05, 3.63) is 77.6 Å². The van der Waals surface area contributed by atoms with E-state index in [0.29, 0.717) is 11.3 Å². The molecule has 3 aromatic carbocycles. The van der Waals surface area contributed by atoms with Gasteiger partial charge >= 0.3 is 0 Å². The number of nitrogens with zero attached hydrogens (tertiary/aromatic N) is 1. The summed E-state index contributed by atoms with van der Waals surface area (Å²) in [5.41, 5.74) is 0.738. The molecule has 7 heteroatoms. The van der Waals surface area contributed by atoms with Gasteiger partial charge in [0.2, 0.25) is 0 Å². The Bertz CT molecular complexity index is 1270. The molecular formula is C25H21FN2O3S. The van der Waals surface area contributed by atoms with Crippen LogP contribution in [-0.4, -0.2) is 23.0 Å². The van der Waals surface area contributed by atoms with E-state index in [4.69, 9.17) is 17.0 Å². The van der Waals surface area contributed by atoms with Crippen LogP contribution in [0.1, 0.15) is 25.8 Å². The van der Waals surface area contributed by atoms with E-state index in [1.807, 2.05) is 50.2 Å². The minimum atomic E-state index is -0.633. The normalized spacial score (nSPS) is 16.4. The van der Waals surface area contributed by atoms with E-state index in [1.165, 1.54) is 24.3 Å². The van der Waals surface area contributed by atoms with E-state index < -0.39 is 17.6 Å². The summed E-state index contributed by atoms with van der Waals surface area (Å²) >= 11 is 5.20. The Kier molecular flexibility index (Phi) is 6.01. The van der Waals surface area contributed by atoms with Gasteiger partial charge < -0.3 is 4.74 Å². The number of amides is 2. The third-order valence-corrected chi connectivity index (χ3v) is 5.58. The zero-order valence-electron chi connectivity index (χ0n) is 17.6. The Hall–Kier alpha value is -3.58. The fourth-order valence-corrected chi connectivity index (χ4v) is 3.76. The average Bonchev–Trinajstić information content (AvgIpc) is 2.77. The first-order chi connectivity index (χ1) is 15.4. The lowest BCUT2D eigenvalue weighted by Crippen LogP contribution is -2.54. The highest BCUT2D eigenvalue weighted by Crippen LogP contribution is 2.32. The van der Waals surface area contributed by atoms with Gasteiger partial charge in [-0.15, -0.1) is 0 Å². The molecule has 32 heavy (non-hydrogen) atoms. The van der Waals surface area contributed by atoms with Crippen molar-refractivity contribution in [2.75, 3.05) is 4.90 Å². The smallest absolute Gasteiger partial charge is 0.270 e. The van der Waals surface area contributed by atoms with Gasteiger partial charge in [-0.2, -0.15) is 0 Å². The number of fused-ring (bicyclic) bond motifs is 1. The van der Waals surface area contributed by atoms with E-state index >= 15 is 0 Å². The topological polar surface area (TPSA) is 58.6 Å². The number of nitrogens with one attached hydrogen (secondary N) is 1. The lowest BCUT2D eigenvalue weighted by molar-refractivity contribution is -0.122. The number of carbonyl (C=O) groups excluding carboxylic acids is 2. The van der Waals surface area contributed by atoms with Gasteiger partial charge in [-0.25, -0.2) is 4.39 Å². The van der Waals surface area contributed by atoms with Crippen molar-refractivity contribution in [1.29, 1.82) is 0 Å². The Morgan fingerprint density at radius 3 is 2.66 bits per heavy atom. The summed E-state index contributed by atoms with van der Waals surface area (Å²) in [6, 6.07) is 16.9. The summed E-state index contributed by atoms with van der Waals surface area (Å²) < 4.78 is 19.9. The number of carbonyl (C=O) groups is 2. The standard InChI is InChI=1S/C25H21FN2O3S/c1-3-15(2)31-22-12-11-16-7-4-5-10-19(16)20(22)14-21-23(29)27-25(32)28(24(21)30)18-9-6-8-17(26)13-18/h4-15H,3H2,1-2H3,(H,27,29,32)/b21-14+/t15-/m1/s1. The van der Waals surface area contributed by atoms with Crippen LogP contribution in [0.5, 0.6) is 5.75 Å². The summed E-state index contributed by atoms with van der Waals surface area (Å²) in [5.74, 6) is -1.20. The first-order valence-electron chi connectivity index (χ1n) is 10.2. The van der Waals surface area contributed by atoms with Crippen LogP contribution in [0.4, 0.5) is 10.1 Å². The van der Waals surface area contributed by atoms with Crippen molar-refractivity contribution < 1.29 is 18.7 Å². The average molecular weight is 449 g/mol. The van der Waals surface area contributed by atoms with Crippen LogP contribution in [-0.2, 0) is 9.59 Å². The van der Waals surface area contributed by atoms with Gasteiger partial charge in [0.05, 0.1) is 11.8 Å². The molecule has 0 aromatic heterocycles. The van der Waals surface area contributed by atoms with Crippen LogP contribution in [0, 0.1) is 5.82 Å². The molecule has 162 valence electrons. The second-order valence-electron chi connectivity index (χ2n) is 7.47. The largest absolute Gasteiger partial charge is 0.490 e. The fourth-order valence-electron chi connectivity index (χ4n) is 3.48. The number of benzene rings is 3. The summed E-state index contributed by atoms with van der Waals surface area (Å²) in [4.78, 5) is 27.2. The Labute approximate surface area is 190 Å². The predicted octanol–water partition coefficient (Wildman–Crippen LogP) is 4.99. The second kappa shape index (κ2) is 8.88. The van der Waals surface area contributed by atoms with Gasteiger partial charge in [-0.3, -0.25) is 19.8 Å². The highest BCUT2D eigenvalue weighted by Gasteiger charge is 2.35. The molecule has 0 aliphatic carbocycles. The molecule has 1 atom stereocenters. The molecule has 1 aliphatic rings. The Balaban J connectivity index is 1.86. The first kappa shape index (κ1) is 21.6. The maximum Gasteiger partial charge on any atom is 0.270 e. The van der Waals surface area contributed by atoms with Gasteiger partial charge in [0.15, 0.2) is 5.11 Å². The highest BCUT2D eigenvalue weighted by atomic mass is 32.1. The summed E-state index contributed by atoms with van der Waals surface area (Å²) in [6.07, 6.45) is 2.26. The lowest BCUT2D eigenvalue weighted by Gasteiger charge is -2.29. The van der Waals surface area contributed by atoms with Crippen LogP contribution in [0.15, 0.2) is 66.2 Å². The molecule has 1 N–H and O–H groups in total.